The number of hydrogen-bond donors (Lipinski definition) is 1. The lowest BCUT2D eigenvalue weighted by Crippen LogP contribution is -2.29. The molecule has 2 heterocycles. The van der Waals surface area contributed by atoms with Gasteiger partial charge in [-0.1, -0.05) is 11.6 Å². The lowest BCUT2D eigenvalue weighted by molar-refractivity contribution is -0.132. The lowest BCUT2D eigenvalue weighted by Gasteiger charge is -2.26. The zero-order chi connectivity index (χ0) is 22.1. The zero-order valence-corrected chi connectivity index (χ0v) is 17.7. The molecule has 0 saturated carbocycles. The molecule has 1 fully saturated rings. The third-order valence-electron chi connectivity index (χ3n) is 5.23. The van der Waals surface area contributed by atoms with E-state index in [2.05, 4.69) is 4.98 Å². The van der Waals surface area contributed by atoms with Gasteiger partial charge in [0.15, 0.2) is 0 Å². The molecule has 1 saturated heterocycles. The van der Waals surface area contributed by atoms with E-state index in [0.717, 1.165) is 5.69 Å². The van der Waals surface area contributed by atoms with Gasteiger partial charge in [-0.2, -0.15) is 0 Å². The minimum absolute atomic E-state index is 0.0233. The van der Waals surface area contributed by atoms with Crippen molar-refractivity contribution in [3.05, 3.63) is 94.8 Å². The van der Waals surface area contributed by atoms with E-state index in [0.29, 0.717) is 21.8 Å². The molecule has 1 aliphatic rings. The number of anilines is 2. The number of carbonyl (C=O) groups excluding carboxylic acids is 2. The number of pyridine rings is 1. The fraction of sp³-hybridized carbons (Fsp3) is 0.125. The van der Waals surface area contributed by atoms with E-state index in [1.807, 2.05) is 31.1 Å². The van der Waals surface area contributed by atoms with Crippen LogP contribution in [0.3, 0.4) is 0 Å². The first-order chi connectivity index (χ1) is 14.9. The van der Waals surface area contributed by atoms with E-state index in [4.69, 9.17) is 11.6 Å². The molecule has 31 heavy (non-hydrogen) atoms. The fourth-order valence-electron chi connectivity index (χ4n) is 3.63. The van der Waals surface area contributed by atoms with Crippen molar-refractivity contribution < 1.29 is 14.7 Å². The van der Waals surface area contributed by atoms with Gasteiger partial charge in [0.2, 0.25) is 0 Å². The van der Waals surface area contributed by atoms with E-state index in [9.17, 15) is 14.7 Å². The molecule has 1 amide bonds. The number of Topliss-reactive ketones (excluding diaryl/α,β-unsaturated/α-hetero) is 1. The van der Waals surface area contributed by atoms with Crippen LogP contribution in [0.5, 0.6) is 0 Å². The minimum atomic E-state index is -0.788. The first kappa shape index (κ1) is 20.6. The Hall–Kier alpha value is -3.64. The van der Waals surface area contributed by atoms with Crippen LogP contribution in [-0.2, 0) is 9.59 Å². The summed E-state index contributed by atoms with van der Waals surface area (Å²) in [6, 6.07) is 16.5. The predicted octanol–water partition coefficient (Wildman–Crippen LogP) is 4.43. The predicted molar refractivity (Wildman–Crippen MR) is 121 cm³/mol. The van der Waals surface area contributed by atoms with Crippen LogP contribution >= 0.6 is 11.6 Å². The van der Waals surface area contributed by atoms with Gasteiger partial charge in [0, 0.05) is 48.4 Å². The average Bonchev–Trinajstić information content (AvgIpc) is 3.05. The number of hydrogen-bond acceptors (Lipinski definition) is 5. The van der Waals surface area contributed by atoms with Crippen LogP contribution in [0.15, 0.2) is 78.6 Å². The first-order valence-electron chi connectivity index (χ1n) is 9.62. The first-order valence-corrected chi connectivity index (χ1v) is 10.0. The fourth-order valence-corrected chi connectivity index (χ4v) is 3.76. The molecule has 1 aromatic heterocycles. The smallest absolute Gasteiger partial charge is 0.300 e. The number of carbonyl (C=O) groups is 2. The molecule has 0 spiro atoms. The molecule has 0 aliphatic carbocycles. The molecular formula is C24H20ClN3O3. The normalized spacial score (nSPS) is 17.8. The summed E-state index contributed by atoms with van der Waals surface area (Å²) in [7, 11) is 3.84. The van der Waals surface area contributed by atoms with Crippen LogP contribution < -0.4 is 9.80 Å². The molecular weight excluding hydrogens is 414 g/mol. The molecule has 1 aliphatic heterocycles. The number of aliphatic hydroxyl groups is 1. The highest BCUT2D eigenvalue weighted by Gasteiger charge is 2.46. The maximum Gasteiger partial charge on any atom is 0.300 e. The van der Waals surface area contributed by atoms with Gasteiger partial charge in [-0.3, -0.25) is 19.5 Å². The van der Waals surface area contributed by atoms with Crippen LogP contribution in [0.2, 0.25) is 5.02 Å². The Morgan fingerprint density at radius 3 is 2.16 bits per heavy atom. The summed E-state index contributed by atoms with van der Waals surface area (Å²) in [6.45, 7) is 0. The van der Waals surface area contributed by atoms with Crippen molar-refractivity contribution in [2.75, 3.05) is 23.9 Å². The van der Waals surface area contributed by atoms with Crippen LogP contribution in [0.4, 0.5) is 11.4 Å². The third-order valence-corrected chi connectivity index (χ3v) is 5.48. The Balaban J connectivity index is 1.89. The van der Waals surface area contributed by atoms with Crippen molar-refractivity contribution in [2.45, 2.75) is 6.04 Å². The van der Waals surface area contributed by atoms with Crippen molar-refractivity contribution in [3.63, 3.8) is 0 Å². The molecule has 1 unspecified atom stereocenters. The average molecular weight is 434 g/mol. The Bertz CT molecular complexity index is 1160. The number of aromatic nitrogens is 1. The third kappa shape index (κ3) is 3.78. The summed E-state index contributed by atoms with van der Waals surface area (Å²) < 4.78 is 0. The van der Waals surface area contributed by atoms with Gasteiger partial charge in [-0.05, 0) is 66.2 Å². The van der Waals surface area contributed by atoms with Crippen molar-refractivity contribution in [1.29, 1.82) is 0 Å². The maximum absolute atomic E-state index is 13.1. The highest BCUT2D eigenvalue weighted by molar-refractivity contribution is 6.51. The molecule has 1 atom stereocenters. The van der Waals surface area contributed by atoms with Gasteiger partial charge < -0.3 is 10.0 Å². The highest BCUT2D eigenvalue weighted by Crippen LogP contribution is 2.42. The van der Waals surface area contributed by atoms with Crippen LogP contribution in [0, 0.1) is 0 Å². The standard InChI is InChI=1S/C24H20ClN3O3/c1-27(2)18-7-9-19(10-8-18)28-21(15-11-13-26-14-12-15)20(23(30)24(28)31)22(29)16-3-5-17(25)6-4-16/h3-14,21,29H,1-2H3/b22-20+. The van der Waals surface area contributed by atoms with Gasteiger partial charge in [0.1, 0.15) is 5.76 Å². The SMILES string of the molecule is CN(C)c1ccc(N2C(=O)C(=O)/C(=C(/O)c3ccc(Cl)cc3)C2c2ccncc2)cc1. The molecule has 0 bridgehead atoms. The number of ketones is 1. The number of aliphatic hydroxyl groups excluding tert-OH is 1. The van der Waals surface area contributed by atoms with E-state index in [1.54, 1.807) is 60.9 Å². The second-order valence-corrected chi connectivity index (χ2v) is 7.80. The Kier molecular flexibility index (Phi) is 5.48. The van der Waals surface area contributed by atoms with Gasteiger partial charge in [0.25, 0.3) is 11.7 Å². The summed E-state index contributed by atoms with van der Waals surface area (Å²) in [6.07, 6.45) is 3.18. The highest BCUT2D eigenvalue weighted by atomic mass is 35.5. The molecule has 2 aromatic carbocycles. The second kappa shape index (κ2) is 8.24. The summed E-state index contributed by atoms with van der Waals surface area (Å²) in [4.78, 5) is 33.6. The zero-order valence-electron chi connectivity index (χ0n) is 17.0. The van der Waals surface area contributed by atoms with Crippen molar-refractivity contribution in [3.8, 4) is 0 Å². The largest absolute Gasteiger partial charge is 0.507 e. The van der Waals surface area contributed by atoms with E-state index in [1.165, 1.54) is 4.90 Å². The van der Waals surface area contributed by atoms with Gasteiger partial charge >= 0.3 is 0 Å². The Labute approximate surface area is 185 Å². The maximum atomic E-state index is 13.1. The molecule has 6 nitrogen and oxygen atoms in total. The second-order valence-electron chi connectivity index (χ2n) is 7.37. The summed E-state index contributed by atoms with van der Waals surface area (Å²) in [5.74, 6) is -1.69. The molecule has 7 heteroatoms. The number of halogens is 1. The van der Waals surface area contributed by atoms with Crippen LogP contribution in [-0.4, -0.2) is 35.9 Å². The van der Waals surface area contributed by atoms with Crippen molar-refractivity contribution >= 4 is 40.4 Å². The van der Waals surface area contributed by atoms with Gasteiger partial charge in [-0.25, -0.2) is 0 Å². The molecule has 0 radical (unpaired) electrons. The number of amides is 1. The van der Waals surface area contributed by atoms with Crippen LogP contribution in [0.25, 0.3) is 5.76 Å². The molecule has 3 aromatic rings. The van der Waals surface area contributed by atoms with E-state index >= 15 is 0 Å². The van der Waals surface area contributed by atoms with E-state index < -0.39 is 17.7 Å². The molecule has 156 valence electrons. The monoisotopic (exact) mass is 433 g/mol. The Morgan fingerprint density at radius 2 is 1.58 bits per heavy atom. The summed E-state index contributed by atoms with van der Waals surface area (Å²) >= 11 is 5.95. The van der Waals surface area contributed by atoms with Crippen molar-refractivity contribution in [2.24, 2.45) is 0 Å². The van der Waals surface area contributed by atoms with Gasteiger partial charge in [0.05, 0.1) is 11.6 Å². The lowest BCUT2D eigenvalue weighted by atomic mass is 9.96. The van der Waals surface area contributed by atoms with Gasteiger partial charge in [-0.15, -0.1) is 0 Å². The number of nitrogens with zero attached hydrogens (tertiary/aromatic N) is 3. The van der Waals surface area contributed by atoms with E-state index in [-0.39, 0.29) is 11.3 Å². The molecule has 1 N–H and O–H groups in total. The number of benzene rings is 2. The quantitative estimate of drug-likeness (QED) is 0.374. The number of rotatable bonds is 4. The summed E-state index contributed by atoms with van der Waals surface area (Å²) in [5.41, 5.74) is 2.62. The topological polar surface area (TPSA) is 73.7 Å². The Morgan fingerprint density at radius 1 is 0.968 bits per heavy atom. The summed E-state index contributed by atoms with van der Waals surface area (Å²) in [5, 5.41) is 11.5. The van der Waals surface area contributed by atoms with Crippen molar-refractivity contribution in [1.82, 2.24) is 4.98 Å². The van der Waals surface area contributed by atoms with Crippen LogP contribution in [0.1, 0.15) is 17.2 Å². The molecule has 4 rings (SSSR count). The minimum Gasteiger partial charge on any atom is -0.507 e.